The van der Waals surface area contributed by atoms with Crippen LogP contribution in [0.25, 0.3) is 0 Å². The molecule has 0 heterocycles. The molecule has 2 nitrogen and oxygen atoms in total. The van der Waals surface area contributed by atoms with E-state index >= 15 is 0 Å². The predicted molar refractivity (Wildman–Crippen MR) is 50.3 cm³/mol. The minimum absolute atomic E-state index is 0.292. The fourth-order valence-corrected chi connectivity index (χ4v) is 1.28. The average Bonchev–Trinajstić information content (AvgIpc) is 2.26. The molecule has 0 amide bonds. The van der Waals surface area contributed by atoms with Crippen molar-refractivity contribution in [1.29, 1.82) is 10.5 Å². The molecule has 0 radical (unpaired) electrons. The van der Waals surface area contributed by atoms with Crippen molar-refractivity contribution in [2.75, 3.05) is 6.67 Å². The number of hydrogen-bond donors (Lipinski definition) is 0. The number of alkyl halides is 1. The molecule has 1 aromatic carbocycles. The molecule has 0 aliphatic rings. The van der Waals surface area contributed by atoms with Crippen LogP contribution in [-0.4, -0.2) is 6.67 Å². The standard InChI is InChI=1S/C11H9FN2/c1-8(5-12)10-4-2-3-9(6-13)11(10)7-14/h2-4,8H,5H2,1H3. The summed E-state index contributed by atoms with van der Waals surface area (Å²) in [4.78, 5) is 0. The summed E-state index contributed by atoms with van der Waals surface area (Å²) in [5, 5.41) is 17.6. The van der Waals surface area contributed by atoms with Crippen molar-refractivity contribution in [3.8, 4) is 12.1 Å². The van der Waals surface area contributed by atoms with Crippen molar-refractivity contribution in [1.82, 2.24) is 0 Å². The van der Waals surface area contributed by atoms with Gasteiger partial charge in [0.15, 0.2) is 0 Å². The lowest BCUT2D eigenvalue weighted by Gasteiger charge is -2.09. The minimum Gasteiger partial charge on any atom is -0.250 e. The molecule has 1 rings (SSSR count). The molecule has 0 aromatic heterocycles. The topological polar surface area (TPSA) is 47.6 Å². The monoisotopic (exact) mass is 188 g/mol. The van der Waals surface area contributed by atoms with E-state index in [4.69, 9.17) is 10.5 Å². The quantitative estimate of drug-likeness (QED) is 0.715. The summed E-state index contributed by atoms with van der Waals surface area (Å²) >= 11 is 0. The lowest BCUT2D eigenvalue weighted by Crippen LogP contribution is -2.00. The van der Waals surface area contributed by atoms with Gasteiger partial charge in [0.2, 0.25) is 0 Å². The fourth-order valence-electron chi connectivity index (χ4n) is 1.28. The molecule has 0 saturated heterocycles. The van der Waals surface area contributed by atoms with Crippen LogP contribution in [0, 0.1) is 22.7 Å². The van der Waals surface area contributed by atoms with E-state index in [9.17, 15) is 4.39 Å². The number of rotatable bonds is 2. The third-order valence-electron chi connectivity index (χ3n) is 2.09. The second-order valence-corrected chi connectivity index (χ2v) is 3.05. The van der Waals surface area contributed by atoms with E-state index in [0.29, 0.717) is 16.7 Å². The van der Waals surface area contributed by atoms with E-state index in [0.717, 1.165) is 0 Å². The Labute approximate surface area is 82.2 Å². The molecule has 0 N–H and O–H groups in total. The Morgan fingerprint density at radius 2 is 2.07 bits per heavy atom. The van der Waals surface area contributed by atoms with E-state index < -0.39 is 6.67 Å². The highest BCUT2D eigenvalue weighted by atomic mass is 19.1. The first-order chi connectivity index (χ1) is 6.74. The van der Waals surface area contributed by atoms with Crippen molar-refractivity contribution < 1.29 is 4.39 Å². The third kappa shape index (κ3) is 1.72. The van der Waals surface area contributed by atoms with Gasteiger partial charge in [-0.3, -0.25) is 4.39 Å². The van der Waals surface area contributed by atoms with E-state index in [1.807, 2.05) is 12.1 Å². The average molecular weight is 188 g/mol. The normalized spacial score (nSPS) is 11.4. The maximum atomic E-state index is 12.4. The Morgan fingerprint density at radius 1 is 1.36 bits per heavy atom. The number of benzene rings is 1. The second-order valence-electron chi connectivity index (χ2n) is 3.05. The van der Waals surface area contributed by atoms with Crippen molar-refractivity contribution in [3.05, 3.63) is 34.9 Å². The van der Waals surface area contributed by atoms with Gasteiger partial charge in [-0.15, -0.1) is 0 Å². The highest BCUT2D eigenvalue weighted by Gasteiger charge is 2.13. The van der Waals surface area contributed by atoms with Crippen molar-refractivity contribution in [2.24, 2.45) is 0 Å². The van der Waals surface area contributed by atoms with E-state index in [-0.39, 0.29) is 5.92 Å². The van der Waals surface area contributed by atoms with Crippen LogP contribution in [0.4, 0.5) is 4.39 Å². The smallest absolute Gasteiger partial charge is 0.101 e. The van der Waals surface area contributed by atoms with Crippen LogP contribution in [0.3, 0.4) is 0 Å². The summed E-state index contributed by atoms with van der Waals surface area (Å²) in [5.74, 6) is -0.335. The highest BCUT2D eigenvalue weighted by Crippen LogP contribution is 2.22. The Bertz CT molecular complexity index is 412. The Hall–Kier alpha value is -1.87. The number of halogens is 1. The molecule has 0 spiro atoms. The minimum atomic E-state index is -0.524. The zero-order chi connectivity index (χ0) is 10.6. The first kappa shape index (κ1) is 10.2. The van der Waals surface area contributed by atoms with Gasteiger partial charge in [-0.25, -0.2) is 0 Å². The molecule has 0 bridgehead atoms. The number of hydrogen-bond acceptors (Lipinski definition) is 2. The van der Waals surface area contributed by atoms with E-state index in [1.54, 1.807) is 25.1 Å². The SMILES string of the molecule is CC(CF)c1cccc(C#N)c1C#N. The van der Waals surface area contributed by atoms with Gasteiger partial charge in [-0.2, -0.15) is 10.5 Å². The molecular weight excluding hydrogens is 179 g/mol. The molecule has 14 heavy (non-hydrogen) atoms. The van der Waals surface area contributed by atoms with Gasteiger partial charge in [0.25, 0.3) is 0 Å². The highest BCUT2D eigenvalue weighted by molar-refractivity contribution is 5.51. The van der Waals surface area contributed by atoms with Crippen molar-refractivity contribution in [2.45, 2.75) is 12.8 Å². The van der Waals surface area contributed by atoms with Gasteiger partial charge in [0.05, 0.1) is 17.8 Å². The van der Waals surface area contributed by atoms with E-state index in [2.05, 4.69) is 0 Å². The largest absolute Gasteiger partial charge is 0.250 e. The molecule has 0 fully saturated rings. The molecule has 70 valence electrons. The predicted octanol–water partition coefficient (Wildman–Crippen LogP) is 2.50. The lowest BCUT2D eigenvalue weighted by atomic mass is 9.94. The molecule has 0 aliphatic heterocycles. The Balaban J connectivity index is 3.33. The summed E-state index contributed by atoms with van der Waals surface area (Å²) in [6.45, 7) is 1.17. The second kappa shape index (κ2) is 4.39. The van der Waals surface area contributed by atoms with Crippen LogP contribution < -0.4 is 0 Å². The lowest BCUT2D eigenvalue weighted by molar-refractivity contribution is 0.447. The van der Waals surface area contributed by atoms with Crippen LogP contribution in [0.1, 0.15) is 29.5 Å². The third-order valence-corrected chi connectivity index (χ3v) is 2.09. The summed E-state index contributed by atoms with van der Waals surface area (Å²) < 4.78 is 12.4. The molecule has 1 unspecified atom stereocenters. The first-order valence-corrected chi connectivity index (χ1v) is 4.23. The molecule has 0 saturated carbocycles. The Kier molecular flexibility index (Phi) is 3.20. The summed E-state index contributed by atoms with van der Waals surface area (Å²) in [7, 11) is 0. The van der Waals surface area contributed by atoms with Gasteiger partial charge in [0.1, 0.15) is 12.1 Å². The molecule has 1 atom stereocenters. The van der Waals surface area contributed by atoms with Gasteiger partial charge >= 0.3 is 0 Å². The first-order valence-electron chi connectivity index (χ1n) is 4.23. The van der Waals surface area contributed by atoms with Crippen LogP contribution in [0.15, 0.2) is 18.2 Å². The van der Waals surface area contributed by atoms with E-state index in [1.165, 1.54) is 0 Å². The Morgan fingerprint density at radius 3 is 2.57 bits per heavy atom. The fraction of sp³-hybridized carbons (Fsp3) is 0.273. The molecule has 3 heteroatoms. The number of nitrogens with zero attached hydrogens (tertiary/aromatic N) is 2. The maximum absolute atomic E-state index is 12.4. The van der Waals surface area contributed by atoms with Gasteiger partial charge in [-0.05, 0) is 11.6 Å². The van der Waals surface area contributed by atoms with Gasteiger partial charge < -0.3 is 0 Å². The molecule has 0 aliphatic carbocycles. The van der Waals surface area contributed by atoms with Crippen LogP contribution >= 0.6 is 0 Å². The van der Waals surface area contributed by atoms with Gasteiger partial charge in [0, 0.05) is 5.92 Å². The summed E-state index contributed by atoms with van der Waals surface area (Å²) in [6, 6.07) is 8.78. The summed E-state index contributed by atoms with van der Waals surface area (Å²) in [6.07, 6.45) is 0. The maximum Gasteiger partial charge on any atom is 0.101 e. The molecular formula is C11H9FN2. The zero-order valence-corrected chi connectivity index (χ0v) is 7.79. The van der Waals surface area contributed by atoms with Crippen molar-refractivity contribution in [3.63, 3.8) is 0 Å². The van der Waals surface area contributed by atoms with Crippen LogP contribution in [0.5, 0.6) is 0 Å². The van der Waals surface area contributed by atoms with Crippen LogP contribution in [-0.2, 0) is 0 Å². The van der Waals surface area contributed by atoms with Crippen LogP contribution in [0.2, 0.25) is 0 Å². The summed E-state index contributed by atoms with van der Waals surface area (Å²) in [5.41, 5.74) is 1.21. The van der Waals surface area contributed by atoms with Crippen molar-refractivity contribution >= 4 is 0 Å². The zero-order valence-electron chi connectivity index (χ0n) is 7.79. The number of nitriles is 2. The van der Waals surface area contributed by atoms with Gasteiger partial charge in [-0.1, -0.05) is 19.1 Å². The molecule has 1 aromatic rings.